The van der Waals surface area contributed by atoms with Gasteiger partial charge in [-0.05, 0) is 50.5 Å². The van der Waals surface area contributed by atoms with Crippen molar-refractivity contribution in [3.05, 3.63) is 0 Å². The molecule has 2 fully saturated rings. The summed E-state index contributed by atoms with van der Waals surface area (Å²) in [5.74, 6) is 1.04. The fraction of sp³-hybridized carbons (Fsp3) is 0.938. The molecular formula is C16H30N2O3S. The van der Waals surface area contributed by atoms with Gasteiger partial charge in [0.25, 0.3) is 0 Å². The molecule has 0 aromatic rings. The van der Waals surface area contributed by atoms with E-state index in [2.05, 4.69) is 0 Å². The van der Waals surface area contributed by atoms with Crippen LogP contribution in [0.1, 0.15) is 38.5 Å². The van der Waals surface area contributed by atoms with E-state index in [1.807, 2.05) is 11.2 Å². The average molecular weight is 330 g/mol. The van der Waals surface area contributed by atoms with E-state index in [9.17, 15) is 4.79 Å². The summed E-state index contributed by atoms with van der Waals surface area (Å²) in [7, 11) is 0. The molecule has 1 unspecified atom stereocenters. The Morgan fingerprint density at radius 3 is 2.77 bits per heavy atom. The Labute approximate surface area is 138 Å². The minimum atomic E-state index is -0.347. The van der Waals surface area contributed by atoms with E-state index >= 15 is 0 Å². The summed E-state index contributed by atoms with van der Waals surface area (Å²) in [5.41, 5.74) is 5.97. The molecule has 0 aromatic carbocycles. The van der Waals surface area contributed by atoms with Crippen molar-refractivity contribution in [3.63, 3.8) is 0 Å². The minimum Gasteiger partial charge on any atom is -0.376 e. The number of likely N-dealkylation sites (tertiary alicyclic amines) is 1. The first-order valence-electron chi connectivity index (χ1n) is 8.47. The number of amides is 1. The second-order valence-corrected chi connectivity index (χ2v) is 7.22. The van der Waals surface area contributed by atoms with Crippen molar-refractivity contribution in [1.82, 2.24) is 4.90 Å². The summed E-state index contributed by atoms with van der Waals surface area (Å²) in [6, 6.07) is -0.347. The highest BCUT2D eigenvalue weighted by Crippen LogP contribution is 2.18. The van der Waals surface area contributed by atoms with Gasteiger partial charge >= 0.3 is 0 Å². The Kier molecular flexibility index (Phi) is 8.00. The zero-order valence-corrected chi connectivity index (χ0v) is 14.5. The maximum absolute atomic E-state index is 12.2. The van der Waals surface area contributed by atoms with E-state index in [-0.39, 0.29) is 24.2 Å². The molecule has 2 rings (SSSR count). The predicted octanol–water partition coefficient (Wildman–Crippen LogP) is 1.64. The van der Waals surface area contributed by atoms with Crippen LogP contribution < -0.4 is 5.73 Å². The third-order valence-corrected chi connectivity index (χ3v) is 5.14. The molecule has 6 heteroatoms. The van der Waals surface area contributed by atoms with Gasteiger partial charge < -0.3 is 20.1 Å². The molecule has 0 radical (unpaired) electrons. The third-order valence-electron chi connectivity index (χ3n) is 4.50. The first-order chi connectivity index (χ1) is 10.7. The van der Waals surface area contributed by atoms with Crippen LogP contribution >= 0.6 is 11.8 Å². The zero-order chi connectivity index (χ0) is 15.8. The number of nitrogens with zero attached hydrogens (tertiary/aromatic N) is 1. The first kappa shape index (κ1) is 18.0. The predicted molar refractivity (Wildman–Crippen MR) is 90.1 cm³/mol. The quantitative estimate of drug-likeness (QED) is 0.769. The molecule has 0 spiro atoms. The summed E-state index contributed by atoms with van der Waals surface area (Å²) < 4.78 is 11.7. The summed E-state index contributed by atoms with van der Waals surface area (Å²) in [5, 5.41) is 0. The van der Waals surface area contributed by atoms with Gasteiger partial charge in [0, 0.05) is 19.7 Å². The number of ether oxygens (including phenoxy) is 2. The van der Waals surface area contributed by atoms with Crippen molar-refractivity contribution in [1.29, 1.82) is 0 Å². The van der Waals surface area contributed by atoms with Crippen LogP contribution in [-0.4, -0.2) is 67.4 Å². The zero-order valence-electron chi connectivity index (χ0n) is 13.7. The highest BCUT2D eigenvalue weighted by molar-refractivity contribution is 7.98. The highest BCUT2D eigenvalue weighted by atomic mass is 32.2. The van der Waals surface area contributed by atoms with E-state index in [1.54, 1.807) is 11.8 Å². The summed E-state index contributed by atoms with van der Waals surface area (Å²) in [6.07, 6.45) is 8.68. The summed E-state index contributed by atoms with van der Waals surface area (Å²) >= 11 is 1.73. The Hall–Kier alpha value is -0.300. The monoisotopic (exact) mass is 330 g/mol. The average Bonchev–Trinajstić information content (AvgIpc) is 2.58. The number of piperidine rings is 1. The van der Waals surface area contributed by atoms with E-state index < -0.39 is 0 Å². The van der Waals surface area contributed by atoms with Crippen molar-refractivity contribution >= 4 is 17.7 Å². The van der Waals surface area contributed by atoms with Gasteiger partial charge in [0.15, 0.2) is 0 Å². The summed E-state index contributed by atoms with van der Waals surface area (Å²) in [6.45, 7) is 3.10. The topological polar surface area (TPSA) is 64.8 Å². The van der Waals surface area contributed by atoms with Crippen LogP contribution in [0.2, 0.25) is 0 Å². The Balaban J connectivity index is 1.63. The number of hydrogen-bond donors (Lipinski definition) is 1. The van der Waals surface area contributed by atoms with Gasteiger partial charge in [0.2, 0.25) is 5.91 Å². The van der Waals surface area contributed by atoms with Gasteiger partial charge in [-0.15, -0.1) is 0 Å². The molecule has 0 aliphatic carbocycles. The number of carbonyl (C=O) groups is 1. The van der Waals surface area contributed by atoms with Gasteiger partial charge in [-0.3, -0.25) is 4.79 Å². The molecule has 5 nitrogen and oxygen atoms in total. The molecule has 1 amide bonds. The fourth-order valence-electron chi connectivity index (χ4n) is 3.03. The van der Waals surface area contributed by atoms with Crippen LogP contribution in [0, 0.1) is 0 Å². The van der Waals surface area contributed by atoms with Gasteiger partial charge in [-0.2, -0.15) is 11.8 Å². The molecule has 0 bridgehead atoms. The normalized spacial score (nSPS) is 25.2. The molecule has 22 heavy (non-hydrogen) atoms. The second-order valence-electron chi connectivity index (χ2n) is 6.23. The standard InChI is InChI=1S/C16H30N2O3S/c1-22-11-7-15(17)16(19)18-8-5-13(6-9-18)21-12-14-4-2-3-10-20-14/h13-15H,2-12,17H2,1H3/t14?,15-/m0/s1. The molecule has 2 atom stereocenters. The highest BCUT2D eigenvalue weighted by Gasteiger charge is 2.27. The van der Waals surface area contributed by atoms with Crippen LogP contribution in [0.3, 0.4) is 0 Å². The molecule has 0 saturated carbocycles. The van der Waals surface area contributed by atoms with Crippen molar-refractivity contribution in [2.24, 2.45) is 5.73 Å². The smallest absolute Gasteiger partial charge is 0.239 e. The Morgan fingerprint density at radius 1 is 1.36 bits per heavy atom. The number of rotatable bonds is 7. The lowest BCUT2D eigenvalue weighted by molar-refractivity contribution is -0.136. The van der Waals surface area contributed by atoms with Gasteiger partial charge in [0.1, 0.15) is 0 Å². The molecular weight excluding hydrogens is 300 g/mol. The van der Waals surface area contributed by atoms with Crippen LogP contribution in [0.4, 0.5) is 0 Å². The van der Waals surface area contributed by atoms with Crippen molar-refractivity contribution in [2.45, 2.75) is 56.8 Å². The van der Waals surface area contributed by atoms with Crippen LogP contribution in [0.25, 0.3) is 0 Å². The lowest BCUT2D eigenvalue weighted by atomic mass is 10.1. The van der Waals surface area contributed by atoms with E-state index in [4.69, 9.17) is 15.2 Å². The summed E-state index contributed by atoms with van der Waals surface area (Å²) in [4.78, 5) is 14.2. The molecule has 2 aliphatic heterocycles. The molecule has 2 heterocycles. The van der Waals surface area contributed by atoms with Crippen molar-refractivity contribution in [2.75, 3.05) is 38.3 Å². The van der Waals surface area contributed by atoms with Crippen molar-refractivity contribution in [3.8, 4) is 0 Å². The molecule has 2 saturated heterocycles. The molecule has 128 valence electrons. The Bertz CT molecular complexity index is 329. The van der Waals surface area contributed by atoms with Gasteiger partial charge in [-0.1, -0.05) is 0 Å². The maximum atomic E-state index is 12.2. The number of thioether (sulfide) groups is 1. The molecule has 2 N–H and O–H groups in total. The van der Waals surface area contributed by atoms with Crippen LogP contribution in [0.15, 0.2) is 0 Å². The SMILES string of the molecule is CSCC[C@H](N)C(=O)N1CCC(OCC2CCCCO2)CC1. The number of nitrogens with two attached hydrogens (primary N) is 1. The Morgan fingerprint density at radius 2 is 2.14 bits per heavy atom. The van der Waals surface area contributed by atoms with Crippen LogP contribution in [-0.2, 0) is 14.3 Å². The third kappa shape index (κ3) is 5.72. The van der Waals surface area contributed by atoms with E-state index in [0.717, 1.165) is 51.1 Å². The lowest BCUT2D eigenvalue weighted by Crippen LogP contribution is -2.48. The number of carbonyl (C=O) groups excluding carboxylic acids is 1. The van der Waals surface area contributed by atoms with E-state index in [0.29, 0.717) is 6.61 Å². The van der Waals surface area contributed by atoms with Gasteiger partial charge in [0.05, 0.1) is 24.9 Å². The second kappa shape index (κ2) is 9.75. The fourth-order valence-corrected chi connectivity index (χ4v) is 3.52. The lowest BCUT2D eigenvalue weighted by Gasteiger charge is -2.34. The van der Waals surface area contributed by atoms with Crippen LogP contribution in [0.5, 0.6) is 0 Å². The number of hydrogen-bond acceptors (Lipinski definition) is 5. The largest absolute Gasteiger partial charge is 0.376 e. The van der Waals surface area contributed by atoms with Crippen molar-refractivity contribution < 1.29 is 14.3 Å². The molecule has 0 aromatic heterocycles. The van der Waals surface area contributed by atoms with E-state index in [1.165, 1.54) is 12.8 Å². The molecule has 2 aliphatic rings. The van der Waals surface area contributed by atoms with Gasteiger partial charge in [-0.25, -0.2) is 0 Å². The maximum Gasteiger partial charge on any atom is 0.239 e. The minimum absolute atomic E-state index is 0.100. The first-order valence-corrected chi connectivity index (χ1v) is 9.86.